The van der Waals surface area contributed by atoms with E-state index >= 15 is 0 Å². The summed E-state index contributed by atoms with van der Waals surface area (Å²) >= 11 is 0. The molecular weight excluding hydrogens is 202 g/mol. The second-order valence-electron chi connectivity index (χ2n) is 4.18. The van der Waals surface area contributed by atoms with Crippen molar-refractivity contribution in [2.24, 2.45) is 5.92 Å². The molecule has 0 radical (unpaired) electrons. The molecule has 16 heavy (non-hydrogen) atoms. The highest BCUT2D eigenvalue weighted by atomic mass is 16.5. The first-order valence-electron chi connectivity index (χ1n) is 5.43. The summed E-state index contributed by atoms with van der Waals surface area (Å²) in [5, 5.41) is 3.24. The number of rotatable bonds is 4. The smallest absolute Gasteiger partial charge is 0.310 e. The van der Waals surface area contributed by atoms with Gasteiger partial charge in [-0.1, -0.05) is 13.0 Å². The summed E-state index contributed by atoms with van der Waals surface area (Å²) in [6.45, 7) is 6.56. The molecule has 1 rings (SSSR count). The zero-order valence-electron chi connectivity index (χ0n) is 10.3. The molecule has 0 heterocycles. The Morgan fingerprint density at radius 1 is 1.31 bits per heavy atom. The van der Waals surface area contributed by atoms with Crippen LogP contribution in [0.2, 0.25) is 0 Å². The molecule has 1 atom stereocenters. The first kappa shape index (κ1) is 12.6. The number of benzene rings is 1. The summed E-state index contributed by atoms with van der Waals surface area (Å²) in [7, 11) is 1.41. The highest BCUT2D eigenvalue weighted by Gasteiger charge is 2.12. The van der Waals surface area contributed by atoms with E-state index in [2.05, 4.69) is 42.1 Å². The second-order valence-corrected chi connectivity index (χ2v) is 4.18. The zero-order chi connectivity index (χ0) is 12.1. The summed E-state index contributed by atoms with van der Waals surface area (Å²) in [5.41, 5.74) is 3.48. The van der Waals surface area contributed by atoms with Gasteiger partial charge in [-0.3, -0.25) is 4.79 Å². The van der Waals surface area contributed by atoms with E-state index in [1.54, 1.807) is 0 Å². The summed E-state index contributed by atoms with van der Waals surface area (Å²) in [4.78, 5) is 11.2. The first-order valence-corrected chi connectivity index (χ1v) is 5.43. The van der Waals surface area contributed by atoms with Crippen molar-refractivity contribution in [2.75, 3.05) is 19.0 Å². The molecule has 88 valence electrons. The van der Waals surface area contributed by atoms with Crippen molar-refractivity contribution < 1.29 is 9.53 Å². The molecule has 1 N–H and O–H groups in total. The molecule has 1 aromatic carbocycles. The van der Waals surface area contributed by atoms with Crippen molar-refractivity contribution in [3.63, 3.8) is 0 Å². The van der Waals surface area contributed by atoms with E-state index in [4.69, 9.17) is 0 Å². The molecule has 0 aliphatic carbocycles. The van der Waals surface area contributed by atoms with Gasteiger partial charge in [-0.05, 0) is 37.1 Å². The fourth-order valence-corrected chi connectivity index (χ4v) is 1.63. The molecule has 3 heteroatoms. The number of anilines is 1. The Balaban J connectivity index is 2.57. The third-order valence-corrected chi connectivity index (χ3v) is 2.44. The SMILES string of the molecule is COC(=O)C(C)CNc1cc(C)cc(C)c1. The predicted octanol–water partition coefficient (Wildman–Crippen LogP) is 2.52. The van der Waals surface area contributed by atoms with Gasteiger partial charge in [0.1, 0.15) is 0 Å². The van der Waals surface area contributed by atoms with Gasteiger partial charge >= 0.3 is 5.97 Å². The number of carbonyl (C=O) groups is 1. The van der Waals surface area contributed by atoms with Gasteiger partial charge in [0.05, 0.1) is 13.0 Å². The maximum absolute atomic E-state index is 11.2. The van der Waals surface area contributed by atoms with E-state index < -0.39 is 0 Å². The van der Waals surface area contributed by atoms with Crippen LogP contribution in [0, 0.1) is 19.8 Å². The van der Waals surface area contributed by atoms with E-state index in [-0.39, 0.29) is 11.9 Å². The van der Waals surface area contributed by atoms with Crippen LogP contribution in [0.1, 0.15) is 18.1 Å². The van der Waals surface area contributed by atoms with Crippen LogP contribution in [0.4, 0.5) is 5.69 Å². The second kappa shape index (κ2) is 5.54. The quantitative estimate of drug-likeness (QED) is 0.794. The number of methoxy groups -OCH3 is 1. The number of carbonyl (C=O) groups excluding carboxylic acids is 1. The first-order chi connectivity index (χ1) is 7.52. The Kier molecular flexibility index (Phi) is 4.35. The summed E-state index contributed by atoms with van der Waals surface area (Å²) in [6, 6.07) is 6.25. The van der Waals surface area contributed by atoms with E-state index in [0.29, 0.717) is 6.54 Å². The fraction of sp³-hybridized carbons (Fsp3) is 0.462. The lowest BCUT2D eigenvalue weighted by Crippen LogP contribution is -2.21. The fourth-order valence-electron chi connectivity index (χ4n) is 1.63. The third-order valence-electron chi connectivity index (χ3n) is 2.44. The Morgan fingerprint density at radius 2 is 1.88 bits per heavy atom. The summed E-state index contributed by atoms with van der Waals surface area (Å²) in [6.07, 6.45) is 0. The maximum Gasteiger partial charge on any atom is 0.310 e. The summed E-state index contributed by atoms with van der Waals surface area (Å²) in [5.74, 6) is -0.317. The average Bonchev–Trinajstić information content (AvgIpc) is 2.23. The molecule has 0 amide bonds. The molecule has 0 bridgehead atoms. The highest BCUT2D eigenvalue weighted by molar-refractivity contribution is 5.72. The lowest BCUT2D eigenvalue weighted by molar-refractivity contribution is -0.144. The van der Waals surface area contributed by atoms with Crippen LogP contribution in [0.5, 0.6) is 0 Å². The lowest BCUT2D eigenvalue weighted by Gasteiger charge is -2.12. The van der Waals surface area contributed by atoms with Gasteiger partial charge in [-0.15, -0.1) is 0 Å². The van der Waals surface area contributed by atoms with Crippen molar-refractivity contribution in [3.05, 3.63) is 29.3 Å². The van der Waals surface area contributed by atoms with Crippen molar-refractivity contribution in [1.29, 1.82) is 0 Å². The van der Waals surface area contributed by atoms with Gasteiger partial charge in [0.25, 0.3) is 0 Å². The van der Waals surface area contributed by atoms with E-state index in [1.807, 2.05) is 6.92 Å². The van der Waals surface area contributed by atoms with Gasteiger partial charge < -0.3 is 10.1 Å². The van der Waals surface area contributed by atoms with Crippen LogP contribution in [-0.4, -0.2) is 19.6 Å². The van der Waals surface area contributed by atoms with Gasteiger partial charge in [0, 0.05) is 12.2 Å². The number of hydrogen-bond acceptors (Lipinski definition) is 3. The molecular formula is C13H19NO2. The topological polar surface area (TPSA) is 38.3 Å². The van der Waals surface area contributed by atoms with Gasteiger partial charge in [-0.2, -0.15) is 0 Å². The number of nitrogens with one attached hydrogen (secondary N) is 1. The lowest BCUT2D eigenvalue weighted by atomic mass is 10.1. The highest BCUT2D eigenvalue weighted by Crippen LogP contribution is 2.14. The average molecular weight is 221 g/mol. The summed E-state index contributed by atoms with van der Waals surface area (Å²) < 4.78 is 4.67. The molecule has 0 aliphatic heterocycles. The minimum atomic E-state index is -0.183. The van der Waals surface area contributed by atoms with Gasteiger partial charge in [-0.25, -0.2) is 0 Å². The van der Waals surface area contributed by atoms with Crippen LogP contribution >= 0.6 is 0 Å². The molecule has 0 aliphatic rings. The largest absolute Gasteiger partial charge is 0.469 e. The maximum atomic E-state index is 11.2. The molecule has 1 unspecified atom stereocenters. The monoisotopic (exact) mass is 221 g/mol. The van der Waals surface area contributed by atoms with Crippen molar-refractivity contribution in [2.45, 2.75) is 20.8 Å². The number of esters is 1. The van der Waals surface area contributed by atoms with Crippen molar-refractivity contribution in [3.8, 4) is 0 Å². The Labute approximate surface area is 96.8 Å². The minimum Gasteiger partial charge on any atom is -0.469 e. The van der Waals surface area contributed by atoms with Crippen LogP contribution < -0.4 is 5.32 Å². The molecule has 0 saturated carbocycles. The number of aryl methyl sites for hydroxylation is 2. The van der Waals surface area contributed by atoms with Crippen LogP contribution in [0.25, 0.3) is 0 Å². The zero-order valence-corrected chi connectivity index (χ0v) is 10.3. The Hall–Kier alpha value is -1.51. The molecule has 0 spiro atoms. The number of hydrogen-bond donors (Lipinski definition) is 1. The molecule has 0 fully saturated rings. The molecule has 0 aromatic heterocycles. The molecule has 3 nitrogen and oxygen atoms in total. The molecule has 0 saturated heterocycles. The molecule has 1 aromatic rings. The van der Waals surface area contributed by atoms with E-state index in [9.17, 15) is 4.79 Å². The van der Waals surface area contributed by atoms with Crippen molar-refractivity contribution >= 4 is 11.7 Å². The normalized spacial score (nSPS) is 12.0. The standard InChI is InChI=1S/C13H19NO2/c1-9-5-10(2)7-12(6-9)14-8-11(3)13(15)16-4/h5-7,11,14H,8H2,1-4H3. The third kappa shape index (κ3) is 3.57. The number of ether oxygens (including phenoxy) is 1. The van der Waals surface area contributed by atoms with Crippen molar-refractivity contribution in [1.82, 2.24) is 0 Å². The van der Waals surface area contributed by atoms with Gasteiger partial charge in [0.15, 0.2) is 0 Å². The van der Waals surface area contributed by atoms with Crippen LogP contribution in [0.15, 0.2) is 18.2 Å². The van der Waals surface area contributed by atoms with E-state index in [1.165, 1.54) is 18.2 Å². The van der Waals surface area contributed by atoms with Crippen LogP contribution in [0.3, 0.4) is 0 Å². The van der Waals surface area contributed by atoms with Crippen LogP contribution in [-0.2, 0) is 9.53 Å². The van der Waals surface area contributed by atoms with E-state index in [0.717, 1.165) is 5.69 Å². The predicted molar refractivity (Wildman–Crippen MR) is 65.6 cm³/mol. The minimum absolute atomic E-state index is 0.134. The Bertz CT molecular complexity index is 354. The Morgan fingerprint density at radius 3 is 2.38 bits per heavy atom. The van der Waals surface area contributed by atoms with Gasteiger partial charge in [0.2, 0.25) is 0 Å².